The van der Waals surface area contributed by atoms with Gasteiger partial charge in [0.2, 0.25) is 0 Å². The largest absolute Gasteiger partial charge is 0.468 e. The Kier molecular flexibility index (Phi) is 8.28. The van der Waals surface area contributed by atoms with Crippen LogP contribution in [0, 0.1) is 5.41 Å². The molecule has 0 aliphatic rings. The third-order valence-electron chi connectivity index (χ3n) is 7.31. The number of aromatic amines is 1. The van der Waals surface area contributed by atoms with Gasteiger partial charge in [-0.25, -0.2) is 4.98 Å². The number of nitrogens with one attached hydrogen (secondary N) is 1. The smallest absolute Gasteiger partial charge is 0.315 e. The van der Waals surface area contributed by atoms with E-state index in [2.05, 4.69) is 50.0 Å². The number of fused-ring (bicyclic) bond motifs is 1. The van der Waals surface area contributed by atoms with Crippen molar-refractivity contribution in [3.8, 4) is 0 Å². The molecule has 0 bridgehead atoms. The first-order valence-corrected chi connectivity index (χ1v) is 15.4. The van der Waals surface area contributed by atoms with E-state index < -0.39 is 19.8 Å². The van der Waals surface area contributed by atoms with Crippen molar-refractivity contribution < 1.29 is 14.0 Å². The minimum absolute atomic E-state index is 0.217. The third-order valence-corrected chi connectivity index (χ3v) is 12.4. The molecule has 0 aliphatic carbocycles. The van der Waals surface area contributed by atoms with Gasteiger partial charge in [-0.3, -0.25) is 9.59 Å². The van der Waals surface area contributed by atoms with Crippen LogP contribution in [0.1, 0.15) is 59.0 Å². The van der Waals surface area contributed by atoms with E-state index in [0.717, 1.165) is 15.9 Å². The zero-order valence-electron chi connectivity index (χ0n) is 24.3. The highest BCUT2D eigenvalue weighted by molar-refractivity contribution is 6.99. The van der Waals surface area contributed by atoms with E-state index >= 15 is 0 Å². The number of carbonyl (C=O) groups excluding carboxylic acids is 1. The average Bonchev–Trinajstić information content (AvgIpc) is 2.94. The first-order chi connectivity index (χ1) is 18.9. The molecule has 0 amide bonds. The number of H-pyrrole nitrogens is 1. The Balaban J connectivity index is 1.79. The molecule has 0 saturated heterocycles. The molecule has 6 nitrogen and oxygen atoms in total. The summed E-state index contributed by atoms with van der Waals surface area (Å²) in [5.74, 6) is 0.150. The summed E-state index contributed by atoms with van der Waals surface area (Å²) >= 11 is 0. The fourth-order valence-electron chi connectivity index (χ4n) is 5.12. The maximum Gasteiger partial charge on any atom is 0.315 e. The Morgan fingerprint density at radius 1 is 0.925 bits per heavy atom. The highest BCUT2D eigenvalue weighted by Crippen LogP contribution is 2.39. The van der Waals surface area contributed by atoms with Crippen molar-refractivity contribution in [2.75, 3.05) is 7.11 Å². The molecule has 1 atom stereocenters. The number of carbonyl (C=O) groups is 1. The van der Waals surface area contributed by atoms with E-state index in [1.165, 1.54) is 7.11 Å². The van der Waals surface area contributed by atoms with E-state index in [-0.39, 0.29) is 16.6 Å². The number of hydrogen-bond acceptors (Lipinski definition) is 5. The van der Waals surface area contributed by atoms with Gasteiger partial charge in [-0.2, -0.15) is 0 Å². The minimum atomic E-state index is -2.86. The van der Waals surface area contributed by atoms with Gasteiger partial charge in [-0.15, -0.1) is 0 Å². The summed E-state index contributed by atoms with van der Waals surface area (Å²) in [6.07, 6.45) is 3.16. The lowest BCUT2D eigenvalue weighted by Gasteiger charge is -2.44. The Labute approximate surface area is 237 Å². The van der Waals surface area contributed by atoms with Gasteiger partial charge in [0.1, 0.15) is 11.9 Å². The number of esters is 1. The molecular formula is C33H38N2O4Si. The Morgan fingerprint density at radius 2 is 1.50 bits per heavy atom. The van der Waals surface area contributed by atoms with Crippen molar-refractivity contribution in [2.45, 2.75) is 52.7 Å². The Bertz CT molecular complexity index is 1530. The van der Waals surface area contributed by atoms with Gasteiger partial charge in [0, 0.05) is 0 Å². The highest BCUT2D eigenvalue weighted by atomic mass is 28.4. The van der Waals surface area contributed by atoms with Crippen molar-refractivity contribution in [2.24, 2.45) is 5.41 Å². The third kappa shape index (κ3) is 5.71. The van der Waals surface area contributed by atoms with Crippen molar-refractivity contribution in [1.29, 1.82) is 0 Å². The topological polar surface area (TPSA) is 81.3 Å². The van der Waals surface area contributed by atoms with Gasteiger partial charge >= 0.3 is 5.97 Å². The maximum atomic E-state index is 13.1. The number of ether oxygens (including phenoxy) is 1. The summed E-state index contributed by atoms with van der Waals surface area (Å²) in [7, 11) is -1.48. The Hall–Kier alpha value is -3.81. The molecule has 0 unspecified atom stereocenters. The van der Waals surface area contributed by atoms with E-state index in [0.29, 0.717) is 16.7 Å². The second kappa shape index (κ2) is 11.4. The predicted molar refractivity (Wildman–Crippen MR) is 164 cm³/mol. The van der Waals surface area contributed by atoms with E-state index in [9.17, 15) is 9.59 Å². The zero-order chi connectivity index (χ0) is 29.1. The highest BCUT2D eigenvalue weighted by Gasteiger charge is 2.51. The summed E-state index contributed by atoms with van der Waals surface area (Å²) < 4.78 is 12.1. The van der Waals surface area contributed by atoms with Gasteiger partial charge in [-0.05, 0) is 53.9 Å². The lowest BCUT2D eigenvalue weighted by atomic mass is 9.92. The van der Waals surface area contributed by atoms with Crippen LogP contribution in [0.3, 0.4) is 0 Å². The standard InChI is InChI=1S/C33H38N2O4Si/c1-23(39-40(32(2,3)4,25-14-10-8-11-15-25)26-16-12-9-13-17-26)29-34-28-22-24(18-19-27(28)30(36)35-29)20-21-33(5,6)31(37)38-7/h8-23H,1-7H3,(H,34,35,36)/t23-/m1/s1. The Morgan fingerprint density at radius 3 is 2.02 bits per heavy atom. The molecule has 1 aromatic heterocycles. The number of aromatic nitrogens is 2. The number of hydrogen-bond donors (Lipinski definition) is 1. The molecule has 1 heterocycles. The monoisotopic (exact) mass is 554 g/mol. The molecule has 0 fully saturated rings. The van der Waals surface area contributed by atoms with Crippen LogP contribution in [0.25, 0.3) is 17.0 Å². The summed E-state index contributed by atoms with van der Waals surface area (Å²) in [5.41, 5.74) is 0.390. The van der Waals surface area contributed by atoms with Crippen LogP contribution in [0.4, 0.5) is 0 Å². The van der Waals surface area contributed by atoms with Crippen molar-refractivity contribution in [1.82, 2.24) is 9.97 Å². The lowest BCUT2D eigenvalue weighted by Crippen LogP contribution is -2.66. The number of nitrogens with zero attached hydrogens (tertiary/aromatic N) is 1. The zero-order valence-corrected chi connectivity index (χ0v) is 25.3. The van der Waals surface area contributed by atoms with Crippen LogP contribution in [0.2, 0.25) is 5.04 Å². The van der Waals surface area contributed by atoms with Crippen LogP contribution >= 0.6 is 0 Å². The quantitative estimate of drug-likeness (QED) is 0.221. The molecule has 0 spiro atoms. The number of benzene rings is 3. The maximum absolute atomic E-state index is 13.1. The number of methoxy groups -OCH3 is 1. The summed E-state index contributed by atoms with van der Waals surface area (Å²) in [5, 5.41) is 2.59. The van der Waals surface area contributed by atoms with E-state index in [1.807, 2.05) is 61.5 Å². The van der Waals surface area contributed by atoms with Crippen molar-refractivity contribution in [3.05, 3.63) is 107 Å². The molecule has 3 aromatic carbocycles. The normalized spacial score (nSPS) is 13.5. The SMILES string of the molecule is COC(=O)C(C)(C)C=Cc1ccc2c(=O)[nH]c([C@@H](C)O[Si](c3ccccc3)(c3ccccc3)C(C)(C)C)nc2c1. The molecule has 4 rings (SSSR count). The lowest BCUT2D eigenvalue weighted by molar-refractivity contribution is -0.148. The van der Waals surface area contributed by atoms with Crippen LogP contribution in [-0.4, -0.2) is 31.4 Å². The van der Waals surface area contributed by atoms with Crippen LogP contribution in [0.15, 0.2) is 89.7 Å². The van der Waals surface area contributed by atoms with Gasteiger partial charge in [0.15, 0.2) is 0 Å². The summed E-state index contributed by atoms with van der Waals surface area (Å²) in [6.45, 7) is 12.2. The molecular weight excluding hydrogens is 516 g/mol. The van der Waals surface area contributed by atoms with Crippen LogP contribution in [0.5, 0.6) is 0 Å². The number of rotatable bonds is 8. The average molecular weight is 555 g/mol. The van der Waals surface area contributed by atoms with Crippen LogP contribution in [-0.2, 0) is 14.0 Å². The molecule has 7 heteroatoms. The van der Waals surface area contributed by atoms with Gasteiger partial charge in [0.25, 0.3) is 13.9 Å². The van der Waals surface area contributed by atoms with Gasteiger partial charge in [-0.1, -0.05) is 99.7 Å². The van der Waals surface area contributed by atoms with Gasteiger partial charge < -0.3 is 14.1 Å². The molecule has 0 aliphatic heterocycles. The first kappa shape index (κ1) is 29.2. The molecule has 4 aromatic rings. The molecule has 40 heavy (non-hydrogen) atoms. The second-order valence-electron chi connectivity index (χ2n) is 11.7. The van der Waals surface area contributed by atoms with Crippen molar-refractivity contribution >= 4 is 41.6 Å². The minimum Gasteiger partial charge on any atom is -0.468 e. The molecule has 208 valence electrons. The van der Waals surface area contributed by atoms with Crippen LogP contribution < -0.4 is 15.9 Å². The first-order valence-electron chi connectivity index (χ1n) is 13.5. The van der Waals surface area contributed by atoms with Gasteiger partial charge in [0.05, 0.1) is 23.4 Å². The second-order valence-corrected chi connectivity index (χ2v) is 16.0. The fraction of sp³-hybridized carbons (Fsp3) is 0.303. The van der Waals surface area contributed by atoms with E-state index in [1.54, 1.807) is 26.0 Å². The predicted octanol–water partition coefficient (Wildman–Crippen LogP) is 5.77. The van der Waals surface area contributed by atoms with E-state index in [4.69, 9.17) is 14.1 Å². The molecule has 0 saturated carbocycles. The molecule has 0 radical (unpaired) electrons. The summed E-state index contributed by atoms with van der Waals surface area (Å²) in [6, 6.07) is 26.2. The molecule has 1 N–H and O–H groups in total. The summed E-state index contributed by atoms with van der Waals surface area (Å²) in [4.78, 5) is 33.1. The van der Waals surface area contributed by atoms with Crippen molar-refractivity contribution in [3.63, 3.8) is 0 Å². The fourth-order valence-corrected chi connectivity index (χ4v) is 9.78.